The van der Waals surface area contributed by atoms with Crippen molar-refractivity contribution >= 4 is 11.5 Å². The molecule has 0 spiro atoms. The topological polar surface area (TPSA) is 71.3 Å². The Labute approximate surface area is 119 Å². The molecule has 20 heavy (non-hydrogen) atoms. The third-order valence-electron chi connectivity index (χ3n) is 3.68. The van der Waals surface area contributed by atoms with E-state index in [1.807, 2.05) is 0 Å². The van der Waals surface area contributed by atoms with Crippen molar-refractivity contribution in [1.82, 2.24) is 9.88 Å². The summed E-state index contributed by atoms with van der Waals surface area (Å²) in [5, 5.41) is 14.0. The van der Waals surface area contributed by atoms with Crippen molar-refractivity contribution < 1.29 is 4.92 Å². The first-order valence-electron chi connectivity index (χ1n) is 7.13. The zero-order chi connectivity index (χ0) is 14.5. The molecule has 0 aromatic carbocycles. The van der Waals surface area contributed by atoms with Crippen LogP contribution in [0.4, 0.5) is 11.5 Å². The molecule has 1 unspecified atom stereocenters. The Kier molecular flexibility index (Phi) is 4.89. The maximum absolute atomic E-state index is 10.7. The van der Waals surface area contributed by atoms with E-state index in [-0.39, 0.29) is 5.69 Å². The fourth-order valence-electron chi connectivity index (χ4n) is 2.59. The molecule has 110 valence electrons. The van der Waals surface area contributed by atoms with Gasteiger partial charge in [0.05, 0.1) is 4.92 Å². The highest BCUT2D eigenvalue weighted by atomic mass is 16.6. The summed E-state index contributed by atoms with van der Waals surface area (Å²) in [6, 6.07) is 1.74. The predicted molar refractivity (Wildman–Crippen MR) is 79.0 cm³/mol. The van der Waals surface area contributed by atoms with E-state index in [4.69, 9.17) is 0 Å². The summed E-state index contributed by atoms with van der Waals surface area (Å²) in [7, 11) is 0. The molecule has 0 aliphatic carbocycles. The molecule has 1 aliphatic heterocycles. The Morgan fingerprint density at radius 3 is 2.80 bits per heavy atom. The molecule has 1 fully saturated rings. The molecule has 1 aromatic heterocycles. The van der Waals surface area contributed by atoms with Crippen molar-refractivity contribution in [1.29, 1.82) is 0 Å². The molecule has 1 saturated heterocycles. The smallest absolute Gasteiger partial charge is 0.290 e. The number of nitro groups is 1. The molecule has 2 heterocycles. The molecular weight excluding hydrogens is 256 g/mol. The first-order chi connectivity index (χ1) is 9.56. The number of nitrogens with zero attached hydrogens (tertiary/aromatic N) is 3. The SMILES string of the molecule is Cc1cc(NCC(C)CN2CCCC2)ncc1[N+](=O)[O-]. The Morgan fingerprint density at radius 1 is 1.50 bits per heavy atom. The van der Waals surface area contributed by atoms with Gasteiger partial charge >= 0.3 is 0 Å². The lowest BCUT2D eigenvalue weighted by molar-refractivity contribution is -0.385. The van der Waals surface area contributed by atoms with Crippen LogP contribution in [0.1, 0.15) is 25.3 Å². The van der Waals surface area contributed by atoms with Gasteiger partial charge in [0, 0.05) is 18.7 Å². The lowest BCUT2D eigenvalue weighted by Crippen LogP contribution is -2.29. The summed E-state index contributed by atoms with van der Waals surface area (Å²) in [6.07, 6.45) is 3.94. The maximum atomic E-state index is 10.7. The van der Waals surface area contributed by atoms with Gasteiger partial charge in [-0.05, 0) is 44.8 Å². The van der Waals surface area contributed by atoms with Crippen LogP contribution < -0.4 is 5.32 Å². The van der Waals surface area contributed by atoms with E-state index < -0.39 is 4.92 Å². The van der Waals surface area contributed by atoms with Crippen LogP contribution in [-0.4, -0.2) is 41.0 Å². The molecule has 1 aliphatic rings. The Balaban J connectivity index is 1.84. The van der Waals surface area contributed by atoms with Gasteiger partial charge in [0.1, 0.15) is 12.0 Å². The van der Waals surface area contributed by atoms with E-state index in [9.17, 15) is 10.1 Å². The fourth-order valence-corrected chi connectivity index (χ4v) is 2.59. The fraction of sp³-hybridized carbons (Fsp3) is 0.643. The summed E-state index contributed by atoms with van der Waals surface area (Å²) in [5.41, 5.74) is 0.709. The van der Waals surface area contributed by atoms with Crippen molar-refractivity contribution in [3.63, 3.8) is 0 Å². The van der Waals surface area contributed by atoms with Crippen molar-refractivity contribution in [2.45, 2.75) is 26.7 Å². The van der Waals surface area contributed by atoms with Gasteiger partial charge in [-0.15, -0.1) is 0 Å². The van der Waals surface area contributed by atoms with Crippen LogP contribution >= 0.6 is 0 Å². The third kappa shape index (κ3) is 3.90. The monoisotopic (exact) mass is 278 g/mol. The van der Waals surface area contributed by atoms with Gasteiger partial charge in [-0.25, -0.2) is 4.98 Å². The molecule has 6 nitrogen and oxygen atoms in total. The molecule has 0 bridgehead atoms. The van der Waals surface area contributed by atoms with Gasteiger partial charge in [0.25, 0.3) is 5.69 Å². The normalized spacial score (nSPS) is 17.1. The zero-order valence-corrected chi connectivity index (χ0v) is 12.1. The third-order valence-corrected chi connectivity index (χ3v) is 3.68. The number of pyridine rings is 1. The van der Waals surface area contributed by atoms with Gasteiger partial charge < -0.3 is 10.2 Å². The zero-order valence-electron chi connectivity index (χ0n) is 12.1. The second kappa shape index (κ2) is 6.65. The molecule has 0 radical (unpaired) electrons. The Morgan fingerprint density at radius 2 is 2.20 bits per heavy atom. The summed E-state index contributed by atoms with van der Waals surface area (Å²) < 4.78 is 0. The second-order valence-corrected chi connectivity index (χ2v) is 5.61. The van der Waals surface area contributed by atoms with Crippen LogP contribution in [0.15, 0.2) is 12.3 Å². The van der Waals surface area contributed by atoms with Gasteiger partial charge in [-0.3, -0.25) is 10.1 Å². The molecular formula is C14H22N4O2. The minimum atomic E-state index is -0.401. The van der Waals surface area contributed by atoms with E-state index in [0.29, 0.717) is 17.3 Å². The van der Waals surface area contributed by atoms with E-state index in [1.54, 1.807) is 13.0 Å². The average molecular weight is 278 g/mol. The van der Waals surface area contributed by atoms with Crippen LogP contribution in [-0.2, 0) is 0 Å². The summed E-state index contributed by atoms with van der Waals surface area (Å²) in [5.74, 6) is 1.24. The number of anilines is 1. The predicted octanol–water partition coefficient (Wildman–Crippen LogP) is 2.44. The van der Waals surface area contributed by atoms with Gasteiger partial charge in [0.15, 0.2) is 0 Å². The molecule has 1 atom stereocenters. The quantitative estimate of drug-likeness (QED) is 0.639. The number of aromatic nitrogens is 1. The highest BCUT2D eigenvalue weighted by Gasteiger charge is 2.15. The molecule has 2 rings (SSSR count). The van der Waals surface area contributed by atoms with E-state index >= 15 is 0 Å². The van der Waals surface area contributed by atoms with Crippen molar-refractivity contribution in [3.8, 4) is 0 Å². The van der Waals surface area contributed by atoms with Gasteiger partial charge in [-0.2, -0.15) is 0 Å². The lowest BCUT2D eigenvalue weighted by Gasteiger charge is -2.20. The molecule has 1 N–H and O–H groups in total. The minimum absolute atomic E-state index is 0.0701. The maximum Gasteiger partial charge on any atom is 0.290 e. The summed E-state index contributed by atoms with van der Waals surface area (Å²) in [4.78, 5) is 16.9. The number of aryl methyl sites for hydroxylation is 1. The number of likely N-dealkylation sites (tertiary alicyclic amines) is 1. The number of nitrogens with one attached hydrogen (secondary N) is 1. The molecule has 1 aromatic rings. The highest BCUT2D eigenvalue weighted by molar-refractivity contribution is 5.46. The Hall–Kier alpha value is -1.69. The highest BCUT2D eigenvalue weighted by Crippen LogP contribution is 2.19. The average Bonchev–Trinajstić information content (AvgIpc) is 2.89. The van der Waals surface area contributed by atoms with Crippen molar-refractivity contribution in [3.05, 3.63) is 27.9 Å². The number of hydrogen-bond donors (Lipinski definition) is 1. The van der Waals surface area contributed by atoms with Crippen LogP contribution in [0.2, 0.25) is 0 Å². The standard InChI is InChI=1S/C14H22N4O2/c1-11(10-17-5-3-4-6-17)8-15-14-7-12(2)13(9-16-14)18(19)20/h7,9,11H,3-6,8,10H2,1-2H3,(H,15,16). The van der Waals surface area contributed by atoms with Crippen molar-refractivity contribution in [2.75, 3.05) is 31.5 Å². The molecule has 0 saturated carbocycles. The number of hydrogen-bond acceptors (Lipinski definition) is 5. The largest absolute Gasteiger partial charge is 0.370 e. The van der Waals surface area contributed by atoms with Crippen molar-refractivity contribution in [2.24, 2.45) is 5.92 Å². The lowest BCUT2D eigenvalue weighted by atomic mass is 10.1. The molecule has 6 heteroatoms. The van der Waals surface area contributed by atoms with Crippen LogP contribution in [0.3, 0.4) is 0 Å². The first kappa shape index (κ1) is 14.7. The van der Waals surface area contributed by atoms with E-state index in [1.165, 1.54) is 32.1 Å². The molecule has 0 amide bonds. The first-order valence-corrected chi connectivity index (χ1v) is 7.13. The minimum Gasteiger partial charge on any atom is -0.370 e. The van der Waals surface area contributed by atoms with Crippen LogP contribution in [0.5, 0.6) is 0 Å². The summed E-state index contributed by atoms with van der Waals surface area (Å²) >= 11 is 0. The van der Waals surface area contributed by atoms with E-state index in [0.717, 1.165) is 13.1 Å². The second-order valence-electron chi connectivity index (χ2n) is 5.61. The van der Waals surface area contributed by atoms with E-state index in [2.05, 4.69) is 22.1 Å². The van der Waals surface area contributed by atoms with Crippen LogP contribution in [0.25, 0.3) is 0 Å². The Bertz CT molecular complexity index is 472. The van der Waals surface area contributed by atoms with Gasteiger partial charge in [-0.1, -0.05) is 6.92 Å². The summed E-state index contributed by atoms with van der Waals surface area (Å²) in [6.45, 7) is 8.29. The van der Waals surface area contributed by atoms with Crippen LogP contribution in [0, 0.1) is 23.0 Å². The van der Waals surface area contributed by atoms with Gasteiger partial charge in [0.2, 0.25) is 0 Å². The number of rotatable bonds is 6.